The molecule has 3 aromatic rings. The van der Waals surface area contributed by atoms with Crippen LogP contribution in [0.4, 0.5) is 5.82 Å². The van der Waals surface area contributed by atoms with Gasteiger partial charge in [-0.3, -0.25) is 4.99 Å². The molecule has 1 aromatic carbocycles. The van der Waals surface area contributed by atoms with Crippen molar-refractivity contribution in [1.82, 2.24) is 20.6 Å². The Labute approximate surface area is 178 Å². The monoisotopic (exact) mass is 404 g/mol. The summed E-state index contributed by atoms with van der Waals surface area (Å²) in [6.45, 7) is 5.02. The van der Waals surface area contributed by atoms with E-state index in [1.54, 1.807) is 0 Å². The third-order valence-corrected chi connectivity index (χ3v) is 5.87. The lowest BCUT2D eigenvalue weighted by atomic mass is 10.1. The highest BCUT2D eigenvalue weighted by molar-refractivity contribution is 5.83. The van der Waals surface area contributed by atoms with E-state index in [0.717, 1.165) is 57.1 Å². The first-order valence-corrected chi connectivity index (χ1v) is 10.9. The molecule has 0 saturated carbocycles. The van der Waals surface area contributed by atoms with Crippen LogP contribution in [0.15, 0.2) is 53.8 Å². The SMILES string of the molecule is CN=C(NCCCc1c[nH]c2ccccc12)NC1CCN(c2ccc(C)cn2)CC1. The van der Waals surface area contributed by atoms with E-state index in [1.165, 1.54) is 22.0 Å². The van der Waals surface area contributed by atoms with Gasteiger partial charge in [-0.05, 0) is 55.9 Å². The van der Waals surface area contributed by atoms with E-state index in [4.69, 9.17) is 0 Å². The third-order valence-electron chi connectivity index (χ3n) is 5.87. The van der Waals surface area contributed by atoms with E-state index in [2.05, 4.69) is 80.0 Å². The number of H-pyrrole nitrogens is 1. The van der Waals surface area contributed by atoms with Crippen molar-refractivity contribution in [1.29, 1.82) is 0 Å². The normalized spacial score (nSPS) is 15.5. The molecule has 0 amide bonds. The van der Waals surface area contributed by atoms with Gasteiger partial charge in [0.1, 0.15) is 5.82 Å². The van der Waals surface area contributed by atoms with Crippen LogP contribution in [0.1, 0.15) is 30.4 Å². The molecule has 0 unspecified atom stereocenters. The van der Waals surface area contributed by atoms with Gasteiger partial charge >= 0.3 is 0 Å². The van der Waals surface area contributed by atoms with Gasteiger partial charge in [0, 0.05) is 56.0 Å². The Morgan fingerprint density at radius 3 is 2.80 bits per heavy atom. The quantitative estimate of drug-likeness (QED) is 0.333. The molecule has 1 saturated heterocycles. The first-order chi connectivity index (χ1) is 14.7. The number of nitrogens with one attached hydrogen (secondary N) is 3. The smallest absolute Gasteiger partial charge is 0.191 e. The Kier molecular flexibility index (Phi) is 6.52. The van der Waals surface area contributed by atoms with Crippen LogP contribution in [0.2, 0.25) is 0 Å². The van der Waals surface area contributed by atoms with Crippen LogP contribution in [0.5, 0.6) is 0 Å². The van der Waals surface area contributed by atoms with Crippen LogP contribution in [-0.4, -0.2) is 48.7 Å². The third kappa shape index (κ3) is 4.93. The molecule has 30 heavy (non-hydrogen) atoms. The van der Waals surface area contributed by atoms with Crippen LogP contribution in [-0.2, 0) is 6.42 Å². The van der Waals surface area contributed by atoms with E-state index in [-0.39, 0.29) is 0 Å². The lowest BCUT2D eigenvalue weighted by Crippen LogP contribution is -2.49. The molecule has 3 heterocycles. The van der Waals surface area contributed by atoms with Gasteiger partial charge in [0.15, 0.2) is 5.96 Å². The number of nitrogens with zero attached hydrogens (tertiary/aromatic N) is 3. The van der Waals surface area contributed by atoms with Crippen molar-refractivity contribution in [2.45, 2.75) is 38.6 Å². The largest absolute Gasteiger partial charge is 0.361 e. The maximum atomic E-state index is 4.56. The molecular weight excluding hydrogens is 372 g/mol. The maximum Gasteiger partial charge on any atom is 0.191 e. The maximum absolute atomic E-state index is 4.56. The zero-order chi connectivity index (χ0) is 20.8. The number of guanidine groups is 1. The number of rotatable bonds is 6. The fourth-order valence-electron chi connectivity index (χ4n) is 4.11. The topological polar surface area (TPSA) is 68.3 Å². The number of aliphatic imine (C=N–C) groups is 1. The van der Waals surface area contributed by atoms with Crippen molar-refractivity contribution in [3.05, 3.63) is 59.9 Å². The number of hydrogen-bond donors (Lipinski definition) is 3. The second-order valence-corrected chi connectivity index (χ2v) is 8.06. The molecule has 0 aliphatic carbocycles. The number of piperidine rings is 1. The average Bonchev–Trinajstić information content (AvgIpc) is 3.20. The zero-order valence-corrected chi connectivity index (χ0v) is 18.0. The van der Waals surface area contributed by atoms with E-state index in [9.17, 15) is 0 Å². The molecule has 2 aromatic heterocycles. The Bertz CT molecular complexity index is 967. The number of aromatic nitrogens is 2. The fourth-order valence-corrected chi connectivity index (χ4v) is 4.11. The number of hydrogen-bond acceptors (Lipinski definition) is 3. The number of benzene rings is 1. The molecule has 0 radical (unpaired) electrons. The minimum Gasteiger partial charge on any atom is -0.361 e. The van der Waals surface area contributed by atoms with Crippen molar-refractivity contribution < 1.29 is 0 Å². The molecule has 158 valence electrons. The molecule has 1 aliphatic heterocycles. The van der Waals surface area contributed by atoms with E-state index < -0.39 is 0 Å². The highest BCUT2D eigenvalue weighted by Gasteiger charge is 2.20. The summed E-state index contributed by atoms with van der Waals surface area (Å²) in [6, 6.07) is 13.2. The first kappa shape index (κ1) is 20.3. The number of anilines is 1. The first-order valence-electron chi connectivity index (χ1n) is 10.9. The molecule has 0 atom stereocenters. The van der Waals surface area contributed by atoms with Gasteiger partial charge in [-0.2, -0.15) is 0 Å². The Hall–Kier alpha value is -3.02. The zero-order valence-electron chi connectivity index (χ0n) is 18.0. The van der Waals surface area contributed by atoms with Crippen LogP contribution in [0, 0.1) is 6.92 Å². The van der Waals surface area contributed by atoms with Crippen LogP contribution >= 0.6 is 0 Å². The summed E-state index contributed by atoms with van der Waals surface area (Å²) in [7, 11) is 1.85. The van der Waals surface area contributed by atoms with Crippen LogP contribution in [0.25, 0.3) is 10.9 Å². The summed E-state index contributed by atoms with van der Waals surface area (Å²) in [5.74, 6) is 1.99. The van der Waals surface area contributed by atoms with E-state index >= 15 is 0 Å². The van der Waals surface area contributed by atoms with Gasteiger partial charge < -0.3 is 20.5 Å². The minimum atomic E-state index is 0.450. The van der Waals surface area contributed by atoms with Crippen LogP contribution in [0.3, 0.4) is 0 Å². The summed E-state index contributed by atoms with van der Waals surface area (Å²) in [5.41, 5.74) is 3.80. The molecule has 6 nitrogen and oxygen atoms in total. The highest BCUT2D eigenvalue weighted by Crippen LogP contribution is 2.19. The summed E-state index contributed by atoms with van der Waals surface area (Å²) in [4.78, 5) is 14.7. The second kappa shape index (κ2) is 9.65. The average molecular weight is 405 g/mol. The predicted octanol–water partition coefficient (Wildman–Crippen LogP) is 3.64. The van der Waals surface area contributed by atoms with Crippen molar-refractivity contribution in [2.24, 2.45) is 4.99 Å². The van der Waals surface area contributed by atoms with Gasteiger partial charge in [0.2, 0.25) is 0 Å². The molecule has 4 rings (SSSR count). The van der Waals surface area contributed by atoms with E-state index in [1.807, 2.05) is 13.2 Å². The van der Waals surface area contributed by atoms with Gasteiger partial charge in [0.25, 0.3) is 0 Å². The Morgan fingerprint density at radius 2 is 2.03 bits per heavy atom. The van der Waals surface area contributed by atoms with Crippen molar-refractivity contribution in [2.75, 3.05) is 31.6 Å². The van der Waals surface area contributed by atoms with Gasteiger partial charge in [-0.25, -0.2) is 4.98 Å². The number of pyridine rings is 1. The summed E-state index contributed by atoms with van der Waals surface area (Å²) in [6.07, 6.45) is 8.38. The van der Waals surface area contributed by atoms with Gasteiger partial charge in [-0.15, -0.1) is 0 Å². The Balaban J connectivity index is 1.19. The standard InChI is InChI=1S/C24H32N6/c1-18-9-10-23(28-16-18)30-14-11-20(12-15-30)29-24(25-2)26-13-5-6-19-17-27-22-8-4-3-7-21(19)22/h3-4,7-10,16-17,20,27H,5-6,11-15H2,1-2H3,(H2,25,26,29). The van der Waals surface area contributed by atoms with E-state index in [0.29, 0.717) is 6.04 Å². The molecule has 1 fully saturated rings. The summed E-state index contributed by atoms with van der Waals surface area (Å²) in [5, 5.41) is 8.40. The Morgan fingerprint density at radius 1 is 1.20 bits per heavy atom. The number of aromatic amines is 1. The molecule has 6 heteroatoms. The van der Waals surface area contributed by atoms with Crippen molar-refractivity contribution in [3.8, 4) is 0 Å². The minimum absolute atomic E-state index is 0.450. The fraction of sp³-hybridized carbons (Fsp3) is 0.417. The molecule has 3 N–H and O–H groups in total. The molecule has 1 aliphatic rings. The van der Waals surface area contributed by atoms with Crippen molar-refractivity contribution >= 4 is 22.7 Å². The number of para-hydroxylation sites is 1. The number of fused-ring (bicyclic) bond motifs is 1. The molecule has 0 spiro atoms. The molecular formula is C24H32N6. The number of aryl methyl sites for hydroxylation is 2. The molecule has 0 bridgehead atoms. The lowest BCUT2D eigenvalue weighted by Gasteiger charge is -2.33. The lowest BCUT2D eigenvalue weighted by molar-refractivity contribution is 0.459. The second-order valence-electron chi connectivity index (χ2n) is 8.06. The summed E-state index contributed by atoms with van der Waals surface area (Å²) >= 11 is 0. The summed E-state index contributed by atoms with van der Waals surface area (Å²) < 4.78 is 0. The van der Waals surface area contributed by atoms with Gasteiger partial charge in [-0.1, -0.05) is 24.3 Å². The predicted molar refractivity (Wildman–Crippen MR) is 125 cm³/mol. The van der Waals surface area contributed by atoms with Crippen molar-refractivity contribution in [3.63, 3.8) is 0 Å². The van der Waals surface area contributed by atoms with Crippen LogP contribution < -0.4 is 15.5 Å². The highest BCUT2D eigenvalue weighted by atomic mass is 15.2. The van der Waals surface area contributed by atoms with Gasteiger partial charge in [0.05, 0.1) is 0 Å².